The van der Waals surface area contributed by atoms with E-state index in [1.165, 1.54) is 5.56 Å². The largest absolute Gasteiger partial charge is 0.497 e. The molecule has 0 saturated heterocycles. The monoisotopic (exact) mass is 376 g/mol. The summed E-state index contributed by atoms with van der Waals surface area (Å²) in [6.07, 6.45) is 0.848. The van der Waals surface area contributed by atoms with E-state index >= 15 is 0 Å². The van der Waals surface area contributed by atoms with E-state index in [-0.39, 0.29) is 11.6 Å². The zero-order chi connectivity index (χ0) is 19.9. The van der Waals surface area contributed by atoms with Gasteiger partial charge in [0.1, 0.15) is 11.6 Å². The van der Waals surface area contributed by atoms with E-state index < -0.39 is 0 Å². The van der Waals surface area contributed by atoms with Crippen LogP contribution in [0.3, 0.4) is 0 Å². The molecule has 1 heterocycles. The Labute approximate surface area is 165 Å². The molecule has 0 spiro atoms. The van der Waals surface area contributed by atoms with Crippen LogP contribution in [0, 0.1) is 13.8 Å². The first kappa shape index (κ1) is 19.4. The molecule has 2 N–H and O–H groups in total. The number of rotatable bonds is 7. The highest BCUT2D eigenvalue weighted by molar-refractivity contribution is 6.03. The molecule has 0 fully saturated rings. The van der Waals surface area contributed by atoms with Crippen LogP contribution in [-0.4, -0.2) is 29.8 Å². The molecule has 2 aromatic carbocycles. The maximum absolute atomic E-state index is 12.4. The molecule has 6 nitrogen and oxygen atoms in total. The summed E-state index contributed by atoms with van der Waals surface area (Å²) in [5, 5.41) is 14.2. The van der Waals surface area contributed by atoms with Gasteiger partial charge in [-0.1, -0.05) is 24.3 Å². The predicted octanol–water partition coefficient (Wildman–Crippen LogP) is 4.01. The van der Waals surface area contributed by atoms with Crippen molar-refractivity contribution in [1.29, 1.82) is 0 Å². The van der Waals surface area contributed by atoms with Crippen molar-refractivity contribution in [2.45, 2.75) is 20.3 Å². The Bertz CT molecular complexity index is 938. The maximum atomic E-state index is 12.4. The summed E-state index contributed by atoms with van der Waals surface area (Å²) in [6, 6.07) is 17.3. The quantitative estimate of drug-likeness (QED) is 0.652. The number of methoxy groups -OCH3 is 1. The van der Waals surface area contributed by atoms with Crippen LogP contribution in [0.1, 0.15) is 27.2 Å². The Morgan fingerprint density at radius 1 is 1.00 bits per heavy atom. The molecule has 144 valence electrons. The van der Waals surface area contributed by atoms with E-state index in [2.05, 4.69) is 20.8 Å². The van der Waals surface area contributed by atoms with Gasteiger partial charge >= 0.3 is 0 Å². The molecule has 0 aliphatic rings. The summed E-state index contributed by atoms with van der Waals surface area (Å²) in [5.41, 5.74) is 4.35. The first-order chi connectivity index (χ1) is 13.5. The van der Waals surface area contributed by atoms with Crippen LogP contribution in [0.4, 0.5) is 11.5 Å². The molecule has 0 radical (unpaired) electrons. The topological polar surface area (TPSA) is 76.1 Å². The number of carbonyl (C=O) groups excluding carboxylic acids is 1. The third-order valence-electron chi connectivity index (χ3n) is 4.42. The van der Waals surface area contributed by atoms with Crippen LogP contribution < -0.4 is 15.4 Å². The number of aryl methyl sites for hydroxylation is 2. The minimum absolute atomic E-state index is 0.272. The highest BCUT2D eigenvalue weighted by Gasteiger charge is 2.10. The second-order valence-electron chi connectivity index (χ2n) is 6.60. The number of hydrogen-bond acceptors (Lipinski definition) is 5. The molecule has 0 aliphatic carbocycles. The van der Waals surface area contributed by atoms with Gasteiger partial charge in [0.15, 0.2) is 5.69 Å². The Balaban J connectivity index is 1.53. The van der Waals surface area contributed by atoms with Gasteiger partial charge in [-0.25, -0.2) is 0 Å². The van der Waals surface area contributed by atoms with Crippen LogP contribution in [0.25, 0.3) is 0 Å². The summed E-state index contributed by atoms with van der Waals surface area (Å²) in [4.78, 5) is 12.4. The fourth-order valence-corrected chi connectivity index (χ4v) is 2.73. The standard InChI is InChI=1S/C22H24N4O2/c1-15-4-5-16(2)20(14-15)24-22(27)19-10-11-21(26-25-19)23-13-12-17-6-8-18(28-3)9-7-17/h4-11,14H,12-13H2,1-3H3,(H,23,26)(H,24,27). The molecule has 0 aliphatic heterocycles. The molecule has 6 heteroatoms. The molecule has 3 aromatic rings. The van der Waals surface area contributed by atoms with E-state index in [4.69, 9.17) is 4.74 Å². The van der Waals surface area contributed by atoms with Crippen LogP contribution in [0.5, 0.6) is 5.75 Å². The zero-order valence-electron chi connectivity index (χ0n) is 16.3. The van der Waals surface area contributed by atoms with Crippen molar-refractivity contribution in [3.63, 3.8) is 0 Å². The average molecular weight is 376 g/mol. The van der Waals surface area contributed by atoms with E-state index in [9.17, 15) is 4.79 Å². The SMILES string of the molecule is COc1ccc(CCNc2ccc(C(=O)Nc3cc(C)ccc3C)nn2)cc1. The molecule has 0 unspecified atom stereocenters. The molecule has 0 bridgehead atoms. The summed E-state index contributed by atoms with van der Waals surface area (Å²) in [7, 11) is 1.65. The normalized spacial score (nSPS) is 10.4. The number of aromatic nitrogens is 2. The molecule has 1 amide bonds. The number of hydrogen-bond donors (Lipinski definition) is 2. The summed E-state index contributed by atoms with van der Waals surface area (Å²) < 4.78 is 5.16. The predicted molar refractivity (Wildman–Crippen MR) is 111 cm³/mol. The molecule has 1 aromatic heterocycles. The smallest absolute Gasteiger partial charge is 0.276 e. The van der Waals surface area contributed by atoms with Gasteiger partial charge in [-0.3, -0.25) is 4.79 Å². The third-order valence-corrected chi connectivity index (χ3v) is 4.42. The minimum Gasteiger partial charge on any atom is -0.497 e. The van der Waals surface area contributed by atoms with E-state index in [1.807, 2.05) is 56.3 Å². The van der Waals surface area contributed by atoms with E-state index in [0.29, 0.717) is 5.82 Å². The fraction of sp³-hybridized carbons (Fsp3) is 0.227. The van der Waals surface area contributed by atoms with Gasteiger partial charge in [0, 0.05) is 12.2 Å². The highest BCUT2D eigenvalue weighted by Crippen LogP contribution is 2.17. The Morgan fingerprint density at radius 3 is 2.46 bits per heavy atom. The summed E-state index contributed by atoms with van der Waals surface area (Å²) in [6.45, 7) is 4.66. The van der Waals surface area contributed by atoms with Crippen molar-refractivity contribution in [2.75, 3.05) is 24.3 Å². The summed E-state index contributed by atoms with van der Waals surface area (Å²) in [5.74, 6) is 1.21. The first-order valence-corrected chi connectivity index (χ1v) is 9.14. The maximum Gasteiger partial charge on any atom is 0.276 e. The molecule has 28 heavy (non-hydrogen) atoms. The van der Waals surface area contributed by atoms with Crippen molar-refractivity contribution < 1.29 is 9.53 Å². The Kier molecular flexibility index (Phi) is 6.22. The lowest BCUT2D eigenvalue weighted by molar-refractivity contribution is 0.102. The van der Waals surface area contributed by atoms with Gasteiger partial charge in [0.2, 0.25) is 0 Å². The lowest BCUT2D eigenvalue weighted by atomic mass is 10.1. The number of anilines is 2. The number of ether oxygens (including phenoxy) is 1. The van der Waals surface area contributed by atoms with Crippen LogP contribution >= 0.6 is 0 Å². The first-order valence-electron chi connectivity index (χ1n) is 9.14. The van der Waals surface area contributed by atoms with Gasteiger partial charge in [-0.05, 0) is 67.3 Å². The van der Waals surface area contributed by atoms with Gasteiger partial charge in [-0.15, -0.1) is 10.2 Å². The second-order valence-corrected chi connectivity index (χ2v) is 6.60. The highest BCUT2D eigenvalue weighted by atomic mass is 16.5. The molecule has 0 saturated carbocycles. The summed E-state index contributed by atoms with van der Waals surface area (Å²) >= 11 is 0. The van der Waals surface area contributed by atoms with Crippen molar-refractivity contribution >= 4 is 17.4 Å². The number of carbonyl (C=O) groups is 1. The van der Waals surface area contributed by atoms with Gasteiger partial charge in [0.05, 0.1) is 7.11 Å². The molecule has 0 atom stereocenters. The lowest BCUT2D eigenvalue weighted by Crippen LogP contribution is -2.16. The van der Waals surface area contributed by atoms with Crippen LogP contribution in [0.15, 0.2) is 54.6 Å². The van der Waals surface area contributed by atoms with Gasteiger partial charge in [0.25, 0.3) is 5.91 Å². The van der Waals surface area contributed by atoms with E-state index in [1.54, 1.807) is 19.2 Å². The van der Waals surface area contributed by atoms with Crippen LogP contribution in [-0.2, 0) is 6.42 Å². The van der Waals surface area contributed by atoms with Crippen molar-refractivity contribution in [1.82, 2.24) is 10.2 Å². The average Bonchev–Trinajstić information content (AvgIpc) is 2.71. The molecule has 3 rings (SSSR count). The second kappa shape index (κ2) is 8.99. The third kappa shape index (κ3) is 5.07. The lowest BCUT2D eigenvalue weighted by Gasteiger charge is -2.09. The van der Waals surface area contributed by atoms with Gasteiger partial charge in [-0.2, -0.15) is 0 Å². The van der Waals surface area contributed by atoms with Crippen LogP contribution in [0.2, 0.25) is 0 Å². The minimum atomic E-state index is -0.272. The number of benzene rings is 2. The number of amides is 1. The zero-order valence-corrected chi connectivity index (χ0v) is 16.3. The number of nitrogens with zero attached hydrogens (tertiary/aromatic N) is 2. The molecular weight excluding hydrogens is 352 g/mol. The van der Waals surface area contributed by atoms with Crippen molar-refractivity contribution in [3.05, 3.63) is 77.0 Å². The van der Waals surface area contributed by atoms with Gasteiger partial charge < -0.3 is 15.4 Å². The fourth-order valence-electron chi connectivity index (χ4n) is 2.73. The van der Waals surface area contributed by atoms with E-state index in [0.717, 1.165) is 35.5 Å². The Hall–Kier alpha value is -3.41. The van der Waals surface area contributed by atoms with Crippen molar-refractivity contribution in [2.24, 2.45) is 0 Å². The Morgan fingerprint density at radius 2 is 1.79 bits per heavy atom. The molecular formula is C22H24N4O2. The van der Waals surface area contributed by atoms with Crippen molar-refractivity contribution in [3.8, 4) is 5.75 Å². The number of nitrogens with one attached hydrogen (secondary N) is 2.